The van der Waals surface area contributed by atoms with Crippen molar-refractivity contribution in [1.29, 1.82) is 0 Å². The maximum Gasteiger partial charge on any atom is 0.256 e. The van der Waals surface area contributed by atoms with Crippen molar-refractivity contribution in [2.75, 3.05) is 0 Å². The van der Waals surface area contributed by atoms with Crippen molar-refractivity contribution >= 4 is 11.9 Å². The highest BCUT2D eigenvalue weighted by Gasteiger charge is 2.20. The molecule has 0 aliphatic rings. The van der Waals surface area contributed by atoms with E-state index in [4.69, 9.17) is 11.5 Å². The lowest BCUT2D eigenvalue weighted by Gasteiger charge is -2.14. The van der Waals surface area contributed by atoms with E-state index in [0.29, 0.717) is 6.42 Å². The van der Waals surface area contributed by atoms with E-state index >= 15 is 0 Å². The number of nitrogens with zero attached hydrogens (tertiary/aromatic N) is 1. The quantitative estimate of drug-likeness (QED) is 0.665. The van der Waals surface area contributed by atoms with Crippen LogP contribution in [-0.4, -0.2) is 11.9 Å². The number of carbonyl (C=O) groups excluding carboxylic acids is 1. The number of carbonyl (C=O) groups is 1. The van der Waals surface area contributed by atoms with Crippen LogP contribution in [0.5, 0.6) is 0 Å². The maximum absolute atomic E-state index is 12.3. The summed E-state index contributed by atoms with van der Waals surface area (Å²) in [6, 6.07) is 17.7. The summed E-state index contributed by atoms with van der Waals surface area (Å²) in [6.45, 7) is 2.03. The molecule has 0 heterocycles. The molecule has 2 aromatic carbocycles. The number of nitrogens with two attached hydrogens (primary N) is 2. The zero-order valence-electron chi connectivity index (χ0n) is 12.0. The van der Waals surface area contributed by atoms with Crippen LogP contribution < -0.4 is 11.5 Å². The molecule has 0 aromatic heterocycles. The first-order valence-electron chi connectivity index (χ1n) is 6.80. The van der Waals surface area contributed by atoms with E-state index in [1.54, 1.807) is 0 Å². The van der Waals surface area contributed by atoms with Crippen molar-refractivity contribution in [1.82, 2.24) is 0 Å². The highest BCUT2D eigenvalue weighted by molar-refractivity contribution is 5.95. The van der Waals surface area contributed by atoms with Crippen molar-refractivity contribution in [2.45, 2.75) is 19.3 Å². The first-order valence-corrected chi connectivity index (χ1v) is 6.80. The Balaban J connectivity index is 2.30. The molecule has 1 unspecified atom stereocenters. The van der Waals surface area contributed by atoms with Crippen LogP contribution in [0.4, 0.5) is 0 Å². The lowest BCUT2D eigenvalue weighted by molar-refractivity contribution is -0.119. The van der Waals surface area contributed by atoms with E-state index in [9.17, 15) is 4.79 Å². The average Bonchev–Trinajstić information content (AvgIpc) is 2.46. The minimum absolute atomic E-state index is 0.204. The molecule has 0 spiro atoms. The number of hydrogen-bond donors (Lipinski definition) is 2. The first kappa shape index (κ1) is 14.8. The van der Waals surface area contributed by atoms with Gasteiger partial charge in [-0.25, -0.2) is 0 Å². The smallest absolute Gasteiger partial charge is 0.256 e. The monoisotopic (exact) mass is 281 g/mol. The first-order chi connectivity index (χ1) is 10.1. The van der Waals surface area contributed by atoms with Crippen LogP contribution in [0.3, 0.4) is 0 Å². The standard InChI is InChI=1S/C17H19N3O/c1-12-7-9-13(10-8-12)11-15(16(21)20-17(18)19)14-5-3-2-4-6-14/h2-10,15H,11H2,1H3,(H4,18,19,20,21). The van der Waals surface area contributed by atoms with Crippen LogP contribution in [-0.2, 0) is 11.2 Å². The minimum Gasteiger partial charge on any atom is -0.370 e. The van der Waals surface area contributed by atoms with Crippen molar-refractivity contribution < 1.29 is 4.79 Å². The van der Waals surface area contributed by atoms with E-state index in [2.05, 4.69) is 4.99 Å². The van der Waals surface area contributed by atoms with E-state index in [1.807, 2.05) is 61.5 Å². The fourth-order valence-electron chi connectivity index (χ4n) is 2.20. The summed E-state index contributed by atoms with van der Waals surface area (Å²) in [6.07, 6.45) is 0.569. The highest BCUT2D eigenvalue weighted by Crippen LogP contribution is 2.22. The Bertz CT molecular complexity index is 629. The lowest BCUT2D eigenvalue weighted by atomic mass is 9.91. The van der Waals surface area contributed by atoms with Crippen molar-refractivity contribution in [3.63, 3.8) is 0 Å². The van der Waals surface area contributed by atoms with Crippen LogP contribution in [0.1, 0.15) is 22.6 Å². The van der Waals surface area contributed by atoms with Gasteiger partial charge in [0.25, 0.3) is 5.91 Å². The molecule has 21 heavy (non-hydrogen) atoms. The van der Waals surface area contributed by atoms with Gasteiger partial charge in [-0.1, -0.05) is 60.2 Å². The van der Waals surface area contributed by atoms with Gasteiger partial charge in [0.1, 0.15) is 0 Å². The number of amides is 1. The van der Waals surface area contributed by atoms with Crippen LogP contribution in [0.25, 0.3) is 0 Å². The van der Waals surface area contributed by atoms with Gasteiger partial charge >= 0.3 is 0 Å². The molecular formula is C17H19N3O. The molecule has 108 valence electrons. The largest absolute Gasteiger partial charge is 0.370 e. The van der Waals surface area contributed by atoms with E-state index in [0.717, 1.165) is 11.1 Å². The molecule has 0 radical (unpaired) electrons. The topological polar surface area (TPSA) is 81.5 Å². The fourth-order valence-corrected chi connectivity index (χ4v) is 2.20. The van der Waals surface area contributed by atoms with Crippen molar-refractivity contribution in [3.8, 4) is 0 Å². The van der Waals surface area contributed by atoms with Gasteiger partial charge in [0.2, 0.25) is 0 Å². The van der Waals surface area contributed by atoms with Crippen molar-refractivity contribution in [2.24, 2.45) is 16.5 Å². The van der Waals surface area contributed by atoms with Crippen LogP contribution in [0.15, 0.2) is 59.6 Å². The van der Waals surface area contributed by atoms with E-state index < -0.39 is 0 Å². The fraction of sp³-hybridized carbons (Fsp3) is 0.176. The van der Waals surface area contributed by atoms with Gasteiger partial charge in [-0.05, 0) is 24.5 Å². The highest BCUT2D eigenvalue weighted by atomic mass is 16.1. The third kappa shape index (κ3) is 4.18. The Morgan fingerprint density at radius 3 is 2.24 bits per heavy atom. The molecule has 0 saturated heterocycles. The Labute approximate surface area is 124 Å². The van der Waals surface area contributed by atoms with Gasteiger partial charge in [-0.2, -0.15) is 4.99 Å². The Kier molecular flexibility index (Phi) is 4.72. The summed E-state index contributed by atoms with van der Waals surface area (Å²) in [7, 11) is 0. The normalized spacial score (nSPS) is 11.7. The summed E-state index contributed by atoms with van der Waals surface area (Å²) < 4.78 is 0. The molecule has 4 N–H and O–H groups in total. The third-order valence-electron chi connectivity index (χ3n) is 3.30. The zero-order chi connectivity index (χ0) is 15.2. The number of aliphatic imine (C=N–C) groups is 1. The molecule has 4 nitrogen and oxygen atoms in total. The van der Waals surface area contributed by atoms with Gasteiger partial charge in [-0.15, -0.1) is 0 Å². The number of rotatable bonds is 4. The molecule has 4 heteroatoms. The second kappa shape index (κ2) is 6.70. The molecular weight excluding hydrogens is 262 g/mol. The molecule has 0 saturated carbocycles. The maximum atomic E-state index is 12.3. The summed E-state index contributed by atoms with van der Waals surface area (Å²) in [5.74, 6) is -0.900. The molecule has 0 aliphatic heterocycles. The molecule has 0 fully saturated rings. The molecule has 2 aromatic rings. The number of hydrogen-bond acceptors (Lipinski definition) is 1. The van der Waals surface area contributed by atoms with Crippen LogP contribution in [0, 0.1) is 6.92 Å². The Morgan fingerprint density at radius 2 is 1.67 bits per heavy atom. The van der Waals surface area contributed by atoms with Crippen LogP contribution >= 0.6 is 0 Å². The summed E-state index contributed by atoms with van der Waals surface area (Å²) in [5, 5.41) is 0. The second-order valence-corrected chi connectivity index (χ2v) is 5.03. The summed E-state index contributed by atoms with van der Waals surface area (Å²) in [5.41, 5.74) is 13.8. The van der Waals surface area contributed by atoms with Gasteiger partial charge < -0.3 is 11.5 Å². The SMILES string of the molecule is Cc1ccc(CC(C(=O)N=C(N)N)c2ccccc2)cc1. The van der Waals surface area contributed by atoms with Gasteiger partial charge in [-0.3, -0.25) is 4.79 Å². The minimum atomic E-state index is -0.379. The average molecular weight is 281 g/mol. The molecule has 1 amide bonds. The third-order valence-corrected chi connectivity index (χ3v) is 3.30. The Morgan fingerprint density at radius 1 is 1.05 bits per heavy atom. The predicted octanol–water partition coefficient (Wildman–Crippen LogP) is 2.12. The number of benzene rings is 2. The van der Waals surface area contributed by atoms with Gasteiger partial charge in [0.15, 0.2) is 5.96 Å². The predicted molar refractivity (Wildman–Crippen MR) is 84.9 cm³/mol. The zero-order valence-corrected chi connectivity index (χ0v) is 12.0. The Hall–Kier alpha value is -2.62. The molecule has 1 atom stereocenters. The number of guanidine groups is 1. The summed E-state index contributed by atoms with van der Waals surface area (Å²) >= 11 is 0. The lowest BCUT2D eigenvalue weighted by Crippen LogP contribution is -2.26. The molecule has 0 aliphatic carbocycles. The van der Waals surface area contributed by atoms with E-state index in [-0.39, 0.29) is 17.8 Å². The van der Waals surface area contributed by atoms with Crippen molar-refractivity contribution in [3.05, 3.63) is 71.3 Å². The van der Waals surface area contributed by atoms with Gasteiger partial charge in [0.05, 0.1) is 5.92 Å². The molecule has 2 rings (SSSR count). The second-order valence-electron chi connectivity index (χ2n) is 5.03. The van der Waals surface area contributed by atoms with Gasteiger partial charge in [0, 0.05) is 0 Å². The molecule has 0 bridgehead atoms. The number of aryl methyl sites for hydroxylation is 1. The summed E-state index contributed by atoms with van der Waals surface area (Å²) in [4.78, 5) is 16.0. The van der Waals surface area contributed by atoms with Crippen LogP contribution in [0.2, 0.25) is 0 Å². The van der Waals surface area contributed by atoms with E-state index in [1.165, 1.54) is 5.56 Å².